The summed E-state index contributed by atoms with van der Waals surface area (Å²) < 4.78 is 0. The zero-order chi connectivity index (χ0) is 14.0. The molecule has 3 heteroatoms. The van der Waals surface area contributed by atoms with Crippen molar-refractivity contribution in [2.75, 3.05) is 0 Å². The van der Waals surface area contributed by atoms with E-state index in [9.17, 15) is 4.79 Å². The van der Waals surface area contributed by atoms with Gasteiger partial charge >= 0.3 is 0 Å². The summed E-state index contributed by atoms with van der Waals surface area (Å²) in [5.41, 5.74) is 3.32. The van der Waals surface area contributed by atoms with Crippen molar-refractivity contribution in [1.29, 1.82) is 0 Å². The normalized spacial score (nSPS) is 11.6. The van der Waals surface area contributed by atoms with Gasteiger partial charge in [0.05, 0.1) is 5.01 Å². The van der Waals surface area contributed by atoms with Crippen LogP contribution in [-0.2, 0) is 11.8 Å². The molecule has 0 aliphatic carbocycles. The van der Waals surface area contributed by atoms with E-state index in [-0.39, 0.29) is 11.2 Å². The molecule has 0 spiro atoms. The van der Waals surface area contributed by atoms with Crippen LogP contribution < -0.4 is 0 Å². The molecule has 2 nitrogen and oxygen atoms in total. The summed E-state index contributed by atoms with van der Waals surface area (Å²) in [6.45, 7) is 8.18. The van der Waals surface area contributed by atoms with Gasteiger partial charge < -0.3 is 0 Å². The number of rotatable bonds is 3. The molecule has 0 amide bonds. The molecule has 19 heavy (non-hydrogen) atoms. The first-order valence-electron chi connectivity index (χ1n) is 6.41. The average molecular weight is 273 g/mol. The minimum Gasteiger partial charge on any atom is -0.293 e. The standard InChI is InChI=1S/C16H19NOS/c1-11(18)14-10-19-15(17-14)9-12-5-7-13(8-6-12)16(2,3)4/h5-8,10H,9H2,1-4H3. The van der Waals surface area contributed by atoms with Crippen LogP contribution in [0.5, 0.6) is 0 Å². The highest BCUT2D eigenvalue weighted by Gasteiger charge is 2.13. The number of benzene rings is 1. The third-order valence-corrected chi connectivity index (χ3v) is 3.94. The highest BCUT2D eigenvalue weighted by Crippen LogP contribution is 2.23. The minimum atomic E-state index is 0.0329. The Hall–Kier alpha value is -1.48. The highest BCUT2D eigenvalue weighted by molar-refractivity contribution is 7.09. The van der Waals surface area contributed by atoms with Crippen molar-refractivity contribution in [3.63, 3.8) is 0 Å². The van der Waals surface area contributed by atoms with Gasteiger partial charge in [0, 0.05) is 18.7 Å². The van der Waals surface area contributed by atoms with Crippen LogP contribution in [0.25, 0.3) is 0 Å². The van der Waals surface area contributed by atoms with Gasteiger partial charge in [0.1, 0.15) is 5.69 Å². The van der Waals surface area contributed by atoms with E-state index in [1.165, 1.54) is 11.1 Å². The van der Waals surface area contributed by atoms with Gasteiger partial charge in [0.2, 0.25) is 0 Å². The van der Waals surface area contributed by atoms with Gasteiger partial charge in [-0.1, -0.05) is 45.0 Å². The zero-order valence-corrected chi connectivity index (χ0v) is 12.7. The quantitative estimate of drug-likeness (QED) is 0.783. The molecule has 0 aliphatic heterocycles. The Labute approximate surface area is 118 Å². The third-order valence-electron chi connectivity index (χ3n) is 3.09. The summed E-state index contributed by atoms with van der Waals surface area (Å²) >= 11 is 1.55. The molecule has 2 rings (SSSR count). The minimum absolute atomic E-state index is 0.0329. The Bertz CT molecular complexity index is 576. The van der Waals surface area contributed by atoms with E-state index < -0.39 is 0 Å². The number of aromatic nitrogens is 1. The molecule has 0 radical (unpaired) electrons. The van der Waals surface area contributed by atoms with Crippen LogP contribution in [0.4, 0.5) is 0 Å². The predicted molar refractivity (Wildman–Crippen MR) is 80.1 cm³/mol. The molecular formula is C16H19NOS. The van der Waals surface area contributed by atoms with Crippen LogP contribution in [0, 0.1) is 0 Å². The molecule has 100 valence electrons. The molecule has 1 aromatic carbocycles. The van der Waals surface area contributed by atoms with Gasteiger partial charge in [-0.15, -0.1) is 11.3 Å². The van der Waals surface area contributed by atoms with E-state index in [1.807, 2.05) is 5.38 Å². The monoisotopic (exact) mass is 273 g/mol. The number of carbonyl (C=O) groups is 1. The molecule has 0 N–H and O–H groups in total. The Morgan fingerprint density at radius 1 is 1.21 bits per heavy atom. The van der Waals surface area contributed by atoms with Crippen LogP contribution in [0.3, 0.4) is 0 Å². The van der Waals surface area contributed by atoms with E-state index in [2.05, 4.69) is 50.0 Å². The number of Topliss-reactive ketones (excluding diaryl/α,β-unsaturated/α-hetero) is 1. The fourth-order valence-corrected chi connectivity index (χ4v) is 2.72. The van der Waals surface area contributed by atoms with Gasteiger partial charge in [-0.3, -0.25) is 4.79 Å². The second kappa shape index (κ2) is 5.25. The van der Waals surface area contributed by atoms with Crippen molar-refractivity contribution in [2.45, 2.75) is 39.5 Å². The first kappa shape index (κ1) is 13.9. The number of ketones is 1. The SMILES string of the molecule is CC(=O)c1csc(Cc2ccc(C(C)(C)C)cc2)n1. The summed E-state index contributed by atoms with van der Waals surface area (Å²) in [6.07, 6.45) is 0.794. The lowest BCUT2D eigenvalue weighted by Crippen LogP contribution is -2.10. The largest absolute Gasteiger partial charge is 0.293 e. The molecule has 0 unspecified atom stereocenters. The van der Waals surface area contributed by atoms with Crippen molar-refractivity contribution >= 4 is 17.1 Å². The molecular weight excluding hydrogens is 254 g/mol. The molecule has 0 aliphatic rings. The molecule has 0 atom stereocenters. The van der Waals surface area contributed by atoms with E-state index in [1.54, 1.807) is 18.3 Å². The van der Waals surface area contributed by atoms with Crippen molar-refractivity contribution in [3.05, 3.63) is 51.5 Å². The number of thiazole rings is 1. The van der Waals surface area contributed by atoms with Crippen LogP contribution in [-0.4, -0.2) is 10.8 Å². The lowest BCUT2D eigenvalue weighted by molar-refractivity contribution is 0.101. The first-order chi connectivity index (χ1) is 8.86. The molecule has 1 heterocycles. The van der Waals surface area contributed by atoms with E-state index in [4.69, 9.17) is 0 Å². The highest BCUT2D eigenvalue weighted by atomic mass is 32.1. The number of carbonyl (C=O) groups excluding carboxylic acids is 1. The van der Waals surface area contributed by atoms with E-state index >= 15 is 0 Å². The van der Waals surface area contributed by atoms with Crippen LogP contribution in [0.2, 0.25) is 0 Å². The van der Waals surface area contributed by atoms with Crippen LogP contribution in [0.1, 0.15) is 54.3 Å². The maximum Gasteiger partial charge on any atom is 0.178 e. The van der Waals surface area contributed by atoms with Gasteiger partial charge in [-0.25, -0.2) is 4.98 Å². The van der Waals surface area contributed by atoms with Gasteiger partial charge in [0.15, 0.2) is 5.78 Å². The van der Waals surface area contributed by atoms with Crippen molar-refractivity contribution in [2.24, 2.45) is 0 Å². The van der Waals surface area contributed by atoms with Crippen molar-refractivity contribution < 1.29 is 4.79 Å². The van der Waals surface area contributed by atoms with Crippen LogP contribution >= 0.6 is 11.3 Å². The Morgan fingerprint density at radius 3 is 2.32 bits per heavy atom. The second-order valence-corrected chi connectivity index (χ2v) is 6.75. The fourth-order valence-electron chi connectivity index (χ4n) is 1.85. The Morgan fingerprint density at radius 2 is 1.84 bits per heavy atom. The molecule has 2 aromatic rings. The zero-order valence-electron chi connectivity index (χ0n) is 11.9. The van der Waals surface area contributed by atoms with Crippen molar-refractivity contribution in [3.8, 4) is 0 Å². The smallest absolute Gasteiger partial charge is 0.178 e. The lowest BCUT2D eigenvalue weighted by atomic mass is 9.86. The molecule has 1 aromatic heterocycles. The van der Waals surface area contributed by atoms with Gasteiger partial charge in [-0.2, -0.15) is 0 Å². The average Bonchev–Trinajstić information content (AvgIpc) is 2.77. The maximum atomic E-state index is 11.2. The fraction of sp³-hybridized carbons (Fsp3) is 0.375. The molecule has 0 saturated heterocycles. The summed E-state index contributed by atoms with van der Waals surface area (Å²) in [5, 5.41) is 2.83. The van der Waals surface area contributed by atoms with Crippen molar-refractivity contribution in [1.82, 2.24) is 4.98 Å². The third kappa shape index (κ3) is 3.51. The lowest BCUT2D eigenvalue weighted by Gasteiger charge is -2.19. The first-order valence-corrected chi connectivity index (χ1v) is 7.29. The van der Waals surface area contributed by atoms with Gasteiger partial charge in [0.25, 0.3) is 0 Å². The number of hydrogen-bond acceptors (Lipinski definition) is 3. The number of hydrogen-bond donors (Lipinski definition) is 0. The predicted octanol–water partition coefficient (Wildman–Crippen LogP) is 4.23. The van der Waals surface area contributed by atoms with E-state index in [0.717, 1.165) is 11.4 Å². The summed E-state index contributed by atoms with van der Waals surface area (Å²) in [7, 11) is 0. The van der Waals surface area contributed by atoms with E-state index in [0.29, 0.717) is 5.69 Å². The maximum absolute atomic E-state index is 11.2. The molecule has 0 bridgehead atoms. The Kier molecular flexibility index (Phi) is 3.85. The second-order valence-electron chi connectivity index (χ2n) is 5.81. The summed E-state index contributed by atoms with van der Waals surface area (Å²) in [5.74, 6) is 0.0329. The number of nitrogens with zero attached hydrogens (tertiary/aromatic N) is 1. The van der Waals surface area contributed by atoms with Gasteiger partial charge in [-0.05, 0) is 16.5 Å². The molecule has 0 saturated carbocycles. The Balaban J connectivity index is 2.13. The summed E-state index contributed by atoms with van der Waals surface area (Å²) in [4.78, 5) is 15.6. The summed E-state index contributed by atoms with van der Waals surface area (Å²) in [6, 6.07) is 8.65. The topological polar surface area (TPSA) is 30.0 Å². The van der Waals surface area contributed by atoms with Crippen LogP contribution in [0.15, 0.2) is 29.6 Å². The molecule has 0 fully saturated rings.